The molecule has 0 atom stereocenters. The van der Waals surface area contributed by atoms with Crippen molar-refractivity contribution in [2.24, 2.45) is 0 Å². The van der Waals surface area contributed by atoms with Crippen molar-refractivity contribution in [1.29, 1.82) is 0 Å². The molecule has 1 saturated heterocycles. The quantitative estimate of drug-likeness (QED) is 0.571. The molecule has 9 heavy (non-hydrogen) atoms. The Labute approximate surface area is 56.2 Å². The largest absolute Gasteiger partial charge is 0.375 e. The molecule has 1 aliphatic rings. The van der Waals surface area contributed by atoms with Gasteiger partial charge in [-0.2, -0.15) is 0 Å². The highest BCUT2D eigenvalue weighted by Gasteiger charge is 2.33. The molecule has 2 nitrogen and oxygen atoms in total. The second-order valence-corrected chi connectivity index (χ2v) is 2.79. The van der Waals surface area contributed by atoms with Crippen molar-refractivity contribution in [2.75, 3.05) is 19.8 Å². The van der Waals surface area contributed by atoms with Gasteiger partial charge in [-0.3, -0.25) is 0 Å². The summed E-state index contributed by atoms with van der Waals surface area (Å²) in [6, 6.07) is 0. The molecule has 0 aromatic heterocycles. The fourth-order valence-electron chi connectivity index (χ4n) is 0.821. The summed E-state index contributed by atoms with van der Waals surface area (Å²) in [6.45, 7) is 6.61. The van der Waals surface area contributed by atoms with Crippen LogP contribution in [-0.4, -0.2) is 25.4 Å². The van der Waals surface area contributed by atoms with Gasteiger partial charge in [0, 0.05) is 6.61 Å². The summed E-state index contributed by atoms with van der Waals surface area (Å²) in [5.41, 5.74) is 0.0516. The molecule has 1 heterocycles. The first-order chi connectivity index (χ1) is 4.27. The zero-order valence-corrected chi connectivity index (χ0v) is 6.14. The Morgan fingerprint density at radius 2 is 2.22 bits per heavy atom. The highest BCUT2D eigenvalue weighted by Crippen LogP contribution is 2.20. The maximum absolute atomic E-state index is 5.49. The minimum absolute atomic E-state index is 0.0516. The summed E-state index contributed by atoms with van der Waals surface area (Å²) in [4.78, 5) is 0. The van der Waals surface area contributed by atoms with E-state index in [1.165, 1.54) is 0 Å². The van der Waals surface area contributed by atoms with Crippen LogP contribution < -0.4 is 0 Å². The maximum Gasteiger partial charge on any atom is 0.112 e. The van der Waals surface area contributed by atoms with Crippen molar-refractivity contribution in [3.63, 3.8) is 0 Å². The van der Waals surface area contributed by atoms with Gasteiger partial charge in [0.2, 0.25) is 0 Å². The topological polar surface area (TPSA) is 18.5 Å². The molecule has 1 fully saturated rings. The van der Waals surface area contributed by atoms with Gasteiger partial charge in [-0.15, -0.1) is 0 Å². The molecule has 2 heteroatoms. The summed E-state index contributed by atoms with van der Waals surface area (Å²) >= 11 is 0. The van der Waals surface area contributed by atoms with Crippen LogP contribution in [0.3, 0.4) is 0 Å². The van der Waals surface area contributed by atoms with Gasteiger partial charge in [0.1, 0.15) is 5.60 Å². The first-order valence-corrected chi connectivity index (χ1v) is 3.48. The second-order valence-electron chi connectivity index (χ2n) is 2.79. The van der Waals surface area contributed by atoms with Gasteiger partial charge in [0.15, 0.2) is 0 Å². The lowest BCUT2D eigenvalue weighted by Crippen LogP contribution is -2.49. The SMILES string of the molecule is CCCOC1(C)COC1. The van der Waals surface area contributed by atoms with E-state index in [4.69, 9.17) is 9.47 Å². The number of hydrogen-bond acceptors (Lipinski definition) is 2. The van der Waals surface area contributed by atoms with Crippen molar-refractivity contribution in [2.45, 2.75) is 25.9 Å². The molecular weight excluding hydrogens is 116 g/mol. The molecule has 0 aromatic rings. The van der Waals surface area contributed by atoms with Crippen LogP contribution in [0.1, 0.15) is 20.3 Å². The summed E-state index contributed by atoms with van der Waals surface area (Å²) in [6.07, 6.45) is 1.09. The van der Waals surface area contributed by atoms with Gasteiger partial charge in [-0.1, -0.05) is 6.92 Å². The third-order valence-corrected chi connectivity index (χ3v) is 1.47. The van der Waals surface area contributed by atoms with Gasteiger partial charge in [-0.25, -0.2) is 0 Å². The number of rotatable bonds is 3. The number of ether oxygens (including phenoxy) is 2. The molecular formula is C7H14O2. The molecule has 0 spiro atoms. The normalized spacial score (nSPS) is 23.3. The van der Waals surface area contributed by atoms with Crippen molar-refractivity contribution >= 4 is 0 Å². The van der Waals surface area contributed by atoms with Crippen LogP contribution in [0.5, 0.6) is 0 Å². The Morgan fingerprint density at radius 1 is 1.56 bits per heavy atom. The maximum atomic E-state index is 5.49. The highest BCUT2D eigenvalue weighted by molar-refractivity contribution is 4.81. The van der Waals surface area contributed by atoms with E-state index < -0.39 is 0 Å². The van der Waals surface area contributed by atoms with Gasteiger partial charge in [0.05, 0.1) is 13.2 Å². The van der Waals surface area contributed by atoms with E-state index in [1.54, 1.807) is 0 Å². The second kappa shape index (κ2) is 2.67. The predicted molar refractivity (Wildman–Crippen MR) is 35.5 cm³/mol. The first-order valence-electron chi connectivity index (χ1n) is 3.48. The lowest BCUT2D eigenvalue weighted by Gasteiger charge is -2.37. The predicted octanol–water partition coefficient (Wildman–Crippen LogP) is 1.20. The van der Waals surface area contributed by atoms with Crippen LogP contribution in [0, 0.1) is 0 Å². The monoisotopic (exact) mass is 130 g/mol. The van der Waals surface area contributed by atoms with E-state index in [0.29, 0.717) is 0 Å². The zero-order chi connectivity index (χ0) is 6.74. The lowest BCUT2D eigenvalue weighted by atomic mass is 10.1. The Bertz CT molecular complexity index is 86.9. The zero-order valence-electron chi connectivity index (χ0n) is 6.14. The number of hydrogen-bond donors (Lipinski definition) is 0. The molecule has 0 radical (unpaired) electrons. The van der Waals surface area contributed by atoms with Gasteiger partial charge in [-0.05, 0) is 13.3 Å². The van der Waals surface area contributed by atoms with Crippen molar-refractivity contribution < 1.29 is 9.47 Å². The van der Waals surface area contributed by atoms with E-state index in [9.17, 15) is 0 Å². The van der Waals surface area contributed by atoms with E-state index >= 15 is 0 Å². The van der Waals surface area contributed by atoms with Crippen molar-refractivity contribution in [3.05, 3.63) is 0 Å². The molecule has 0 amide bonds. The smallest absolute Gasteiger partial charge is 0.112 e. The van der Waals surface area contributed by atoms with Gasteiger partial charge in [0.25, 0.3) is 0 Å². The fraction of sp³-hybridized carbons (Fsp3) is 1.00. The summed E-state index contributed by atoms with van der Waals surface area (Å²) < 4.78 is 10.5. The molecule has 0 saturated carbocycles. The Hall–Kier alpha value is -0.0800. The van der Waals surface area contributed by atoms with Crippen LogP contribution in [0.4, 0.5) is 0 Å². The molecule has 0 aliphatic carbocycles. The lowest BCUT2D eigenvalue weighted by molar-refractivity contribution is -0.198. The summed E-state index contributed by atoms with van der Waals surface area (Å²) in [5.74, 6) is 0. The first kappa shape index (κ1) is 7.03. The van der Waals surface area contributed by atoms with Crippen LogP contribution >= 0.6 is 0 Å². The summed E-state index contributed by atoms with van der Waals surface area (Å²) in [5, 5.41) is 0. The Morgan fingerprint density at radius 3 is 2.56 bits per heavy atom. The average Bonchev–Trinajstić information content (AvgIpc) is 1.79. The summed E-state index contributed by atoms with van der Waals surface area (Å²) in [7, 11) is 0. The minimum atomic E-state index is 0.0516. The Balaban J connectivity index is 2.09. The standard InChI is InChI=1S/C7H14O2/c1-3-4-9-7(2)5-8-6-7/h3-6H2,1-2H3. The molecule has 0 unspecified atom stereocenters. The van der Waals surface area contributed by atoms with Gasteiger partial charge >= 0.3 is 0 Å². The molecule has 0 bridgehead atoms. The third kappa shape index (κ3) is 1.66. The van der Waals surface area contributed by atoms with E-state index in [0.717, 1.165) is 26.2 Å². The molecule has 0 N–H and O–H groups in total. The highest BCUT2D eigenvalue weighted by atomic mass is 16.6. The average molecular weight is 130 g/mol. The Kier molecular flexibility index (Phi) is 2.09. The molecule has 1 aliphatic heterocycles. The minimum Gasteiger partial charge on any atom is -0.375 e. The van der Waals surface area contributed by atoms with Crippen LogP contribution in [0.25, 0.3) is 0 Å². The fourth-order valence-corrected chi connectivity index (χ4v) is 0.821. The molecule has 54 valence electrons. The van der Waals surface area contributed by atoms with Gasteiger partial charge < -0.3 is 9.47 Å². The molecule has 0 aromatic carbocycles. The van der Waals surface area contributed by atoms with E-state index in [2.05, 4.69) is 13.8 Å². The molecule has 1 rings (SSSR count). The van der Waals surface area contributed by atoms with E-state index in [-0.39, 0.29) is 5.60 Å². The third-order valence-electron chi connectivity index (χ3n) is 1.47. The van der Waals surface area contributed by atoms with Crippen molar-refractivity contribution in [1.82, 2.24) is 0 Å². The van der Waals surface area contributed by atoms with E-state index in [1.807, 2.05) is 0 Å². The van der Waals surface area contributed by atoms with Crippen LogP contribution in [0.15, 0.2) is 0 Å². The van der Waals surface area contributed by atoms with Crippen LogP contribution in [0.2, 0.25) is 0 Å². The van der Waals surface area contributed by atoms with Crippen LogP contribution in [-0.2, 0) is 9.47 Å². The van der Waals surface area contributed by atoms with Crippen molar-refractivity contribution in [3.8, 4) is 0 Å².